The number of benzene rings is 2. The molecule has 0 saturated heterocycles. The highest BCUT2D eigenvalue weighted by molar-refractivity contribution is 7.71. The van der Waals surface area contributed by atoms with Crippen LogP contribution in [0.15, 0.2) is 45.6 Å². The van der Waals surface area contributed by atoms with E-state index in [0.717, 1.165) is 5.56 Å². The van der Waals surface area contributed by atoms with E-state index in [2.05, 4.69) is 0 Å². The lowest BCUT2D eigenvalue weighted by atomic mass is 10.2. The van der Waals surface area contributed by atoms with Crippen LogP contribution in [-0.4, -0.2) is 4.57 Å². The van der Waals surface area contributed by atoms with Crippen molar-refractivity contribution in [1.82, 2.24) is 4.57 Å². The molecule has 3 rings (SSSR count). The van der Waals surface area contributed by atoms with Gasteiger partial charge in [-0.15, -0.1) is 0 Å². The van der Waals surface area contributed by atoms with Gasteiger partial charge >= 0.3 is 5.76 Å². The van der Waals surface area contributed by atoms with Gasteiger partial charge in [-0.3, -0.25) is 4.57 Å². The van der Waals surface area contributed by atoms with E-state index in [1.807, 2.05) is 0 Å². The zero-order valence-corrected chi connectivity index (χ0v) is 14.1. The molecule has 0 aliphatic carbocycles. The van der Waals surface area contributed by atoms with E-state index < -0.39 is 5.76 Å². The van der Waals surface area contributed by atoms with Crippen molar-refractivity contribution in [2.75, 3.05) is 0 Å². The summed E-state index contributed by atoms with van der Waals surface area (Å²) < 4.78 is 6.99. The third-order valence-corrected chi connectivity index (χ3v) is 4.57. The molecule has 0 amide bonds. The fourth-order valence-electron chi connectivity index (χ4n) is 2.09. The average Bonchev–Trinajstić information content (AvgIpc) is 2.48. The lowest BCUT2D eigenvalue weighted by molar-refractivity contribution is 0.475. The van der Waals surface area contributed by atoms with E-state index in [4.69, 9.17) is 51.4 Å². The summed E-state index contributed by atoms with van der Waals surface area (Å²) in [7, 11) is 0. The van der Waals surface area contributed by atoms with Gasteiger partial charge < -0.3 is 4.42 Å². The molecule has 0 unspecified atom stereocenters. The minimum absolute atomic E-state index is 0.237. The van der Waals surface area contributed by atoms with E-state index in [0.29, 0.717) is 30.7 Å². The normalized spacial score (nSPS) is 11.0. The van der Waals surface area contributed by atoms with Crippen molar-refractivity contribution < 1.29 is 4.42 Å². The first-order chi connectivity index (χ1) is 10.5. The quantitative estimate of drug-likeness (QED) is 0.570. The van der Waals surface area contributed by atoms with Crippen LogP contribution in [-0.2, 0) is 6.54 Å². The summed E-state index contributed by atoms with van der Waals surface area (Å²) in [5.74, 6) is -0.536. The molecule has 0 saturated carbocycles. The molecule has 7 heteroatoms. The number of rotatable bonds is 2. The van der Waals surface area contributed by atoms with Crippen molar-refractivity contribution in [3.63, 3.8) is 0 Å². The molecule has 0 radical (unpaired) electrons. The summed E-state index contributed by atoms with van der Waals surface area (Å²) in [6.45, 7) is 0.237. The van der Waals surface area contributed by atoms with Crippen LogP contribution < -0.4 is 5.76 Å². The largest absolute Gasteiger partial charge is 0.420 e. The number of hydrogen-bond donors (Lipinski definition) is 0. The Kier molecular flexibility index (Phi) is 4.28. The highest BCUT2D eigenvalue weighted by atomic mass is 35.5. The third-order valence-electron chi connectivity index (χ3n) is 3.16. The van der Waals surface area contributed by atoms with Crippen LogP contribution in [0.25, 0.3) is 11.0 Å². The minimum Gasteiger partial charge on any atom is -0.409 e. The van der Waals surface area contributed by atoms with Crippen LogP contribution in [0.1, 0.15) is 5.56 Å². The molecule has 1 aromatic heterocycles. The van der Waals surface area contributed by atoms with Crippen LogP contribution in [0, 0.1) is 4.64 Å². The van der Waals surface area contributed by atoms with E-state index >= 15 is 0 Å². The van der Waals surface area contributed by atoms with Gasteiger partial charge in [0.25, 0.3) is 0 Å². The zero-order chi connectivity index (χ0) is 15.9. The highest BCUT2D eigenvalue weighted by Gasteiger charge is 2.09. The summed E-state index contributed by atoms with van der Waals surface area (Å²) in [5.41, 5.74) is 1.20. The maximum Gasteiger partial charge on any atom is 0.420 e. The predicted molar refractivity (Wildman–Crippen MR) is 91.9 cm³/mol. The van der Waals surface area contributed by atoms with Crippen molar-refractivity contribution in [2.45, 2.75) is 6.54 Å². The number of halogens is 3. The predicted octanol–water partition coefficient (Wildman–Crippen LogP) is 5.33. The smallest absolute Gasteiger partial charge is 0.409 e. The summed E-state index contributed by atoms with van der Waals surface area (Å²) in [5, 5.41) is 2.00. The van der Waals surface area contributed by atoms with Gasteiger partial charge in [0.05, 0.1) is 22.0 Å². The number of fused-ring (bicyclic) bond motifs is 1. The van der Waals surface area contributed by atoms with Crippen LogP contribution in [0.5, 0.6) is 0 Å². The molecule has 1 heterocycles. The van der Waals surface area contributed by atoms with E-state index in [9.17, 15) is 4.79 Å². The van der Waals surface area contributed by atoms with E-state index in [1.54, 1.807) is 36.4 Å². The fraction of sp³-hybridized carbons (Fsp3) is 0.0667. The van der Waals surface area contributed by atoms with Gasteiger partial charge in [0.1, 0.15) is 10.2 Å². The molecule has 22 heavy (non-hydrogen) atoms. The number of aromatic nitrogens is 1. The first-order valence-corrected chi connectivity index (χ1v) is 7.77. The maximum absolute atomic E-state index is 12.1. The van der Waals surface area contributed by atoms with Gasteiger partial charge in [-0.25, -0.2) is 4.79 Å². The second-order valence-electron chi connectivity index (χ2n) is 4.65. The van der Waals surface area contributed by atoms with Crippen molar-refractivity contribution in [3.05, 3.63) is 72.2 Å². The summed E-state index contributed by atoms with van der Waals surface area (Å²) in [4.78, 5) is 12.1. The second-order valence-corrected chi connectivity index (χ2v) is 6.29. The molecular formula is C15H8Cl3NO2S. The lowest BCUT2D eigenvalue weighted by Gasteiger charge is -2.08. The fourth-order valence-corrected chi connectivity index (χ4v) is 2.88. The molecule has 0 N–H and O–H groups in total. The van der Waals surface area contributed by atoms with Crippen LogP contribution in [0.3, 0.4) is 0 Å². The Morgan fingerprint density at radius 1 is 1.05 bits per heavy atom. The molecule has 0 spiro atoms. The van der Waals surface area contributed by atoms with Crippen LogP contribution in [0.2, 0.25) is 15.1 Å². The van der Waals surface area contributed by atoms with Gasteiger partial charge in [0.15, 0.2) is 0 Å². The molecule has 112 valence electrons. The molecular weight excluding hydrogens is 365 g/mol. The van der Waals surface area contributed by atoms with E-state index in [-0.39, 0.29) is 6.54 Å². The molecule has 2 aromatic carbocycles. The highest BCUT2D eigenvalue weighted by Crippen LogP contribution is 2.24. The monoisotopic (exact) mass is 371 g/mol. The van der Waals surface area contributed by atoms with Gasteiger partial charge in [0.2, 0.25) is 0 Å². The van der Waals surface area contributed by atoms with Crippen LogP contribution >= 0.6 is 47.0 Å². The molecule has 0 bridgehead atoms. The maximum atomic E-state index is 12.1. The van der Waals surface area contributed by atoms with Crippen molar-refractivity contribution >= 4 is 58.0 Å². The molecule has 3 aromatic rings. The summed E-state index contributed by atoms with van der Waals surface area (Å²) in [6, 6.07) is 10.1. The zero-order valence-electron chi connectivity index (χ0n) is 11.0. The number of hydrogen-bond acceptors (Lipinski definition) is 3. The Labute approximate surface area is 145 Å². The molecule has 3 nitrogen and oxygen atoms in total. The Balaban J connectivity index is 2.16. The second kappa shape index (κ2) is 6.05. The van der Waals surface area contributed by atoms with Gasteiger partial charge in [-0.05, 0) is 35.9 Å². The van der Waals surface area contributed by atoms with Crippen molar-refractivity contribution in [3.8, 4) is 0 Å². The molecule has 0 fully saturated rings. The van der Waals surface area contributed by atoms with Gasteiger partial charge in [-0.1, -0.05) is 53.1 Å². The minimum atomic E-state index is -0.536. The van der Waals surface area contributed by atoms with Crippen LogP contribution in [0.4, 0.5) is 0 Å². The standard InChI is InChI=1S/C15H8Cl3NO2S/c16-9-2-4-13-10(6-9)14(22)19(15(20)21-13)7-8-1-3-11(17)12(18)5-8/h1-6H,7H2. The SMILES string of the molecule is O=c1oc2ccc(Cl)cc2c(=S)n1Cc1ccc(Cl)c(Cl)c1. The first kappa shape index (κ1) is 15.6. The Bertz CT molecular complexity index is 994. The molecule has 0 aliphatic heterocycles. The molecule has 0 atom stereocenters. The van der Waals surface area contributed by atoms with E-state index in [1.165, 1.54) is 4.57 Å². The van der Waals surface area contributed by atoms with Crippen molar-refractivity contribution in [2.24, 2.45) is 0 Å². The Morgan fingerprint density at radius 2 is 1.82 bits per heavy atom. The lowest BCUT2D eigenvalue weighted by Crippen LogP contribution is -2.20. The summed E-state index contributed by atoms with van der Waals surface area (Å²) >= 11 is 23.2. The van der Waals surface area contributed by atoms with Gasteiger partial charge in [0, 0.05) is 5.02 Å². The first-order valence-electron chi connectivity index (χ1n) is 6.23. The summed E-state index contributed by atoms with van der Waals surface area (Å²) in [6.07, 6.45) is 0. The van der Waals surface area contributed by atoms with Crippen molar-refractivity contribution in [1.29, 1.82) is 0 Å². The topological polar surface area (TPSA) is 35.1 Å². The average molecular weight is 373 g/mol. The third kappa shape index (κ3) is 2.92. The molecule has 0 aliphatic rings. The Morgan fingerprint density at radius 3 is 2.55 bits per heavy atom. The van der Waals surface area contributed by atoms with Gasteiger partial charge in [-0.2, -0.15) is 0 Å². The Hall–Kier alpha value is -1.33. The number of nitrogens with zero attached hydrogens (tertiary/aromatic N) is 1.